The van der Waals surface area contributed by atoms with E-state index in [-0.39, 0.29) is 5.41 Å². The molecule has 0 spiro atoms. The monoisotopic (exact) mass is 220 g/mol. The van der Waals surface area contributed by atoms with Gasteiger partial charge in [-0.15, -0.1) is 0 Å². The van der Waals surface area contributed by atoms with Crippen molar-refractivity contribution in [2.45, 2.75) is 26.2 Å². The summed E-state index contributed by atoms with van der Waals surface area (Å²) in [6.07, 6.45) is 0. The number of ether oxygens (including phenoxy) is 1. The van der Waals surface area contributed by atoms with Crippen molar-refractivity contribution >= 4 is 5.82 Å². The van der Waals surface area contributed by atoms with E-state index in [0.717, 1.165) is 37.8 Å². The normalized spacial score (nSPS) is 17.6. The number of morpholine rings is 1. The van der Waals surface area contributed by atoms with Crippen LogP contribution in [0.15, 0.2) is 18.2 Å². The minimum Gasteiger partial charge on any atom is -0.378 e. The van der Waals surface area contributed by atoms with Crippen LogP contribution in [0.2, 0.25) is 0 Å². The number of rotatable bonds is 1. The van der Waals surface area contributed by atoms with Gasteiger partial charge in [0.15, 0.2) is 0 Å². The van der Waals surface area contributed by atoms with Gasteiger partial charge in [0.1, 0.15) is 5.82 Å². The zero-order valence-electron chi connectivity index (χ0n) is 10.4. The van der Waals surface area contributed by atoms with E-state index in [4.69, 9.17) is 9.72 Å². The lowest BCUT2D eigenvalue weighted by Gasteiger charge is -2.29. The van der Waals surface area contributed by atoms with E-state index < -0.39 is 0 Å². The van der Waals surface area contributed by atoms with E-state index in [0.29, 0.717) is 0 Å². The average molecular weight is 220 g/mol. The van der Waals surface area contributed by atoms with Crippen molar-refractivity contribution in [3.63, 3.8) is 0 Å². The van der Waals surface area contributed by atoms with Crippen LogP contribution < -0.4 is 4.90 Å². The van der Waals surface area contributed by atoms with Crippen LogP contribution in [0.5, 0.6) is 0 Å². The zero-order valence-corrected chi connectivity index (χ0v) is 10.4. The average Bonchev–Trinajstić information content (AvgIpc) is 2.29. The molecule has 0 bridgehead atoms. The number of pyridine rings is 1. The van der Waals surface area contributed by atoms with Gasteiger partial charge < -0.3 is 9.64 Å². The van der Waals surface area contributed by atoms with Crippen LogP contribution in [0.1, 0.15) is 26.5 Å². The standard InChI is InChI=1S/C13H20N2O/c1-13(2,3)11-5-4-6-12(14-11)15-7-9-16-10-8-15/h4-6H,7-10H2,1-3H3. The van der Waals surface area contributed by atoms with Crippen molar-refractivity contribution in [2.75, 3.05) is 31.2 Å². The number of aromatic nitrogens is 1. The molecular weight excluding hydrogens is 200 g/mol. The predicted molar refractivity (Wildman–Crippen MR) is 66.0 cm³/mol. The lowest BCUT2D eigenvalue weighted by atomic mass is 9.92. The summed E-state index contributed by atoms with van der Waals surface area (Å²) in [5.41, 5.74) is 1.26. The first-order valence-corrected chi connectivity index (χ1v) is 5.87. The minimum absolute atomic E-state index is 0.113. The van der Waals surface area contributed by atoms with Crippen molar-refractivity contribution in [1.29, 1.82) is 0 Å². The second-order valence-electron chi connectivity index (χ2n) is 5.23. The topological polar surface area (TPSA) is 25.4 Å². The van der Waals surface area contributed by atoms with Gasteiger partial charge in [-0.25, -0.2) is 4.98 Å². The van der Waals surface area contributed by atoms with E-state index in [2.05, 4.69) is 43.9 Å². The molecule has 88 valence electrons. The van der Waals surface area contributed by atoms with Crippen molar-refractivity contribution in [3.05, 3.63) is 23.9 Å². The van der Waals surface area contributed by atoms with E-state index in [9.17, 15) is 0 Å². The molecule has 0 N–H and O–H groups in total. The molecule has 1 aliphatic heterocycles. The molecule has 0 unspecified atom stereocenters. The van der Waals surface area contributed by atoms with Gasteiger partial charge in [0.05, 0.1) is 13.2 Å². The van der Waals surface area contributed by atoms with E-state index in [1.807, 2.05) is 0 Å². The molecule has 3 nitrogen and oxygen atoms in total. The largest absolute Gasteiger partial charge is 0.378 e. The maximum atomic E-state index is 5.35. The summed E-state index contributed by atoms with van der Waals surface area (Å²) in [5.74, 6) is 1.08. The third kappa shape index (κ3) is 2.53. The number of nitrogens with zero attached hydrogens (tertiary/aromatic N) is 2. The maximum absolute atomic E-state index is 5.35. The first-order chi connectivity index (χ1) is 7.57. The van der Waals surface area contributed by atoms with Gasteiger partial charge in [0.2, 0.25) is 0 Å². The highest BCUT2D eigenvalue weighted by Gasteiger charge is 2.18. The number of hydrogen-bond donors (Lipinski definition) is 0. The van der Waals surface area contributed by atoms with Crippen LogP contribution in [0.4, 0.5) is 5.82 Å². The lowest BCUT2D eigenvalue weighted by Crippen LogP contribution is -2.37. The van der Waals surface area contributed by atoms with Crippen molar-refractivity contribution in [3.8, 4) is 0 Å². The summed E-state index contributed by atoms with van der Waals surface area (Å²) in [6, 6.07) is 6.28. The Hall–Kier alpha value is -1.09. The van der Waals surface area contributed by atoms with Gasteiger partial charge in [0.25, 0.3) is 0 Å². The van der Waals surface area contributed by atoms with Crippen LogP contribution in [0, 0.1) is 0 Å². The fourth-order valence-electron chi connectivity index (χ4n) is 1.81. The molecule has 2 heterocycles. The summed E-state index contributed by atoms with van der Waals surface area (Å²) in [6.45, 7) is 10.1. The Labute approximate surface area is 97.4 Å². The number of anilines is 1. The van der Waals surface area contributed by atoms with Crippen LogP contribution in [0.3, 0.4) is 0 Å². The molecule has 0 saturated carbocycles. The van der Waals surface area contributed by atoms with E-state index >= 15 is 0 Å². The predicted octanol–water partition coefficient (Wildman–Crippen LogP) is 2.22. The maximum Gasteiger partial charge on any atom is 0.128 e. The van der Waals surface area contributed by atoms with E-state index in [1.165, 1.54) is 0 Å². The molecule has 0 radical (unpaired) electrons. The third-order valence-corrected chi connectivity index (χ3v) is 2.84. The molecule has 1 aliphatic rings. The Balaban J connectivity index is 2.21. The van der Waals surface area contributed by atoms with Gasteiger partial charge in [-0.2, -0.15) is 0 Å². The Kier molecular flexibility index (Phi) is 3.15. The van der Waals surface area contributed by atoms with Crippen LogP contribution in [-0.2, 0) is 10.2 Å². The summed E-state index contributed by atoms with van der Waals surface area (Å²) < 4.78 is 5.35. The quantitative estimate of drug-likeness (QED) is 0.725. The molecule has 1 fully saturated rings. The lowest BCUT2D eigenvalue weighted by molar-refractivity contribution is 0.122. The minimum atomic E-state index is 0.113. The summed E-state index contributed by atoms with van der Waals surface area (Å²) in [7, 11) is 0. The fourth-order valence-corrected chi connectivity index (χ4v) is 1.81. The molecule has 0 amide bonds. The molecular formula is C13H20N2O. The third-order valence-electron chi connectivity index (χ3n) is 2.84. The molecule has 3 heteroatoms. The summed E-state index contributed by atoms with van der Waals surface area (Å²) in [5, 5.41) is 0. The second kappa shape index (κ2) is 4.42. The second-order valence-corrected chi connectivity index (χ2v) is 5.23. The molecule has 16 heavy (non-hydrogen) atoms. The van der Waals surface area contributed by atoms with Gasteiger partial charge in [-0.3, -0.25) is 0 Å². The number of hydrogen-bond acceptors (Lipinski definition) is 3. The Morgan fingerprint density at radius 1 is 1.19 bits per heavy atom. The van der Waals surface area contributed by atoms with E-state index in [1.54, 1.807) is 0 Å². The van der Waals surface area contributed by atoms with Crippen LogP contribution in [-0.4, -0.2) is 31.3 Å². The van der Waals surface area contributed by atoms with Gasteiger partial charge in [0, 0.05) is 24.2 Å². The van der Waals surface area contributed by atoms with Gasteiger partial charge in [-0.05, 0) is 12.1 Å². The first kappa shape index (κ1) is 11.4. The van der Waals surface area contributed by atoms with Gasteiger partial charge in [-0.1, -0.05) is 26.8 Å². The Morgan fingerprint density at radius 3 is 2.50 bits per heavy atom. The SMILES string of the molecule is CC(C)(C)c1cccc(N2CCOCC2)n1. The molecule has 0 atom stereocenters. The van der Waals surface area contributed by atoms with Crippen molar-refractivity contribution < 1.29 is 4.74 Å². The summed E-state index contributed by atoms with van der Waals surface area (Å²) >= 11 is 0. The zero-order chi connectivity index (χ0) is 11.6. The summed E-state index contributed by atoms with van der Waals surface area (Å²) in [4.78, 5) is 7.03. The van der Waals surface area contributed by atoms with Crippen LogP contribution in [0.25, 0.3) is 0 Å². The molecule has 0 aliphatic carbocycles. The van der Waals surface area contributed by atoms with Gasteiger partial charge >= 0.3 is 0 Å². The van der Waals surface area contributed by atoms with Crippen molar-refractivity contribution in [2.24, 2.45) is 0 Å². The molecule has 2 rings (SSSR count). The molecule has 1 aromatic rings. The molecule has 1 aromatic heterocycles. The molecule has 0 aromatic carbocycles. The fraction of sp³-hybridized carbons (Fsp3) is 0.615. The van der Waals surface area contributed by atoms with Crippen LogP contribution >= 0.6 is 0 Å². The highest BCUT2D eigenvalue weighted by Crippen LogP contribution is 2.22. The smallest absolute Gasteiger partial charge is 0.128 e. The Bertz CT molecular complexity index is 351. The highest BCUT2D eigenvalue weighted by atomic mass is 16.5. The van der Waals surface area contributed by atoms with Crippen molar-refractivity contribution in [1.82, 2.24) is 4.98 Å². The first-order valence-electron chi connectivity index (χ1n) is 5.87. The Morgan fingerprint density at radius 2 is 1.88 bits per heavy atom. The molecule has 1 saturated heterocycles. The highest BCUT2D eigenvalue weighted by molar-refractivity contribution is 5.40.